The highest BCUT2D eigenvalue weighted by atomic mass is 31.2. The van der Waals surface area contributed by atoms with Crippen LogP contribution in [0.5, 0.6) is 11.5 Å². The molecule has 8 rings (SSSR count). The number of para-hydroxylation sites is 1. The van der Waals surface area contributed by atoms with Gasteiger partial charge in [0, 0.05) is 28.9 Å². The van der Waals surface area contributed by atoms with Crippen LogP contribution in [-0.4, -0.2) is 47.6 Å². The van der Waals surface area contributed by atoms with Crippen molar-refractivity contribution in [2.45, 2.75) is 103 Å². The SMILES string of the molecule is CC(C)OC(=O)[C@H](C)NP(=O)(COc1ccc2nc(C3CC3)c(/C=C/[C@@H]3C[C@@H](OC(c4ccccc4)(c4ccccc4)C(C)(C)C)CC(=O)O3)c(-c3ccc(F)cc3)c2c1)Oc1ccccc1. The first-order valence-electron chi connectivity index (χ1n) is 23.0. The van der Waals surface area contributed by atoms with Gasteiger partial charge in [0.2, 0.25) is 0 Å². The molecule has 2 aliphatic rings. The largest absolute Gasteiger partial charge is 0.481 e. The molecule has 1 saturated heterocycles. The number of cyclic esters (lactones) is 1. The average Bonchev–Trinajstić information content (AvgIpc) is 4.15. The smallest absolute Gasteiger partial charge is 0.354 e. The number of carbonyl (C=O) groups is 2. The zero-order chi connectivity index (χ0) is 47.3. The summed E-state index contributed by atoms with van der Waals surface area (Å²) in [6.45, 7) is 11.5. The predicted octanol–water partition coefficient (Wildman–Crippen LogP) is 12.6. The quantitative estimate of drug-likeness (QED) is 0.0699. The molecular weight excluding hydrogens is 867 g/mol. The average molecular weight is 925 g/mol. The first-order valence-corrected chi connectivity index (χ1v) is 24.8. The van der Waals surface area contributed by atoms with Crippen LogP contribution in [-0.2, 0) is 34.0 Å². The van der Waals surface area contributed by atoms with E-state index in [-0.39, 0.29) is 30.2 Å². The molecule has 4 atom stereocenters. The molecule has 0 spiro atoms. The minimum Gasteiger partial charge on any atom is -0.481 e. The summed E-state index contributed by atoms with van der Waals surface area (Å²) in [6.07, 6.45) is 4.40. The van der Waals surface area contributed by atoms with Gasteiger partial charge in [-0.25, -0.2) is 9.48 Å². The van der Waals surface area contributed by atoms with Crippen LogP contribution in [0.2, 0.25) is 0 Å². The molecule has 1 N–H and O–H groups in total. The molecule has 0 amide bonds. The van der Waals surface area contributed by atoms with Crippen molar-refractivity contribution in [1.82, 2.24) is 10.1 Å². The van der Waals surface area contributed by atoms with Gasteiger partial charge in [0.25, 0.3) is 0 Å². The van der Waals surface area contributed by atoms with Crippen LogP contribution < -0.4 is 14.3 Å². The van der Waals surface area contributed by atoms with Gasteiger partial charge in [-0.15, -0.1) is 0 Å². The van der Waals surface area contributed by atoms with Crippen LogP contribution in [0.15, 0.2) is 140 Å². The van der Waals surface area contributed by atoms with Gasteiger partial charge in [-0.3, -0.25) is 19.1 Å². The molecule has 67 heavy (non-hydrogen) atoms. The topological polar surface area (TPSA) is 122 Å². The number of hydrogen-bond acceptors (Lipinski definition) is 9. The molecule has 6 aromatic rings. The number of ether oxygens (including phenoxy) is 4. The van der Waals surface area contributed by atoms with Gasteiger partial charge < -0.3 is 23.5 Å². The van der Waals surface area contributed by atoms with Crippen molar-refractivity contribution in [1.29, 1.82) is 0 Å². The van der Waals surface area contributed by atoms with Gasteiger partial charge in [-0.2, -0.15) is 0 Å². The number of nitrogens with zero attached hydrogens (tertiary/aromatic N) is 1. The lowest BCUT2D eigenvalue weighted by atomic mass is 9.68. The van der Waals surface area contributed by atoms with Crippen molar-refractivity contribution in [2.24, 2.45) is 5.41 Å². The maximum absolute atomic E-state index is 14.6. The zero-order valence-corrected chi connectivity index (χ0v) is 39.7. The number of halogens is 1. The Hall–Kier alpha value is -6.13. The molecule has 0 bridgehead atoms. The van der Waals surface area contributed by atoms with Crippen LogP contribution in [0, 0.1) is 11.2 Å². The fourth-order valence-electron chi connectivity index (χ4n) is 8.86. The second-order valence-corrected chi connectivity index (χ2v) is 20.7. The van der Waals surface area contributed by atoms with Crippen LogP contribution >= 0.6 is 7.52 Å². The zero-order valence-electron chi connectivity index (χ0n) is 38.8. The molecule has 5 aromatic carbocycles. The van der Waals surface area contributed by atoms with E-state index in [1.807, 2.05) is 66.7 Å². The number of fused-ring (bicyclic) bond motifs is 1. The van der Waals surface area contributed by atoms with Gasteiger partial charge >= 0.3 is 19.5 Å². The van der Waals surface area contributed by atoms with E-state index in [0.717, 1.165) is 46.4 Å². The minimum absolute atomic E-state index is 0.0933. The van der Waals surface area contributed by atoms with Crippen molar-refractivity contribution in [2.75, 3.05) is 6.35 Å². The Balaban J connectivity index is 1.15. The van der Waals surface area contributed by atoms with Gasteiger partial charge in [0.05, 0.1) is 29.8 Å². The van der Waals surface area contributed by atoms with E-state index in [4.69, 9.17) is 28.5 Å². The van der Waals surface area contributed by atoms with Crippen molar-refractivity contribution in [3.63, 3.8) is 0 Å². The summed E-state index contributed by atoms with van der Waals surface area (Å²) < 4.78 is 60.1. The first kappa shape index (κ1) is 47.4. The first-order chi connectivity index (χ1) is 32.1. The number of rotatable bonds is 17. The lowest BCUT2D eigenvalue weighted by molar-refractivity contribution is -0.181. The van der Waals surface area contributed by atoms with E-state index in [1.54, 1.807) is 63.2 Å². The second-order valence-electron chi connectivity index (χ2n) is 18.7. The van der Waals surface area contributed by atoms with E-state index in [0.29, 0.717) is 28.8 Å². The molecule has 348 valence electrons. The molecule has 1 aromatic heterocycles. The molecule has 0 radical (unpaired) electrons. The highest BCUT2D eigenvalue weighted by molar-refractivity contribution is 7.57. The number of nitrogens with one attached hydrogen (secondary N) is 1. The Morgan fingerprint density at radius 3 is 2.09 bits per heavy atom. The number of pyridine rings is 1. The number of benzene rings is 5. The van der Waals surface area contributed by atoms with Crippen LogP contribution in [0.25, 0.3) is 28.1 Å². The molecule has 1 saturated carbocycles. The standard InChI is InChI=1S/C55H58FN2O8P/c1-36(2)63-53(60)37(3)58-67(61,66-43-20-14-9-15-21-43)35-62-44-29-31-49-48(33-44)51(38-24-26-42(56)27-25-38)47(52(57-49)39-22-23-39)30-28-45-32-46(34-50(59)64-45)65-55(54(4,5)6,40-16-10-7-11-17-40)41-18-12-8-13-19-41/h7-21,24-31,33,36-37,39,45-46H,22-23,32,34-35H2,1-6H3,(H,58,61)/b30-28+/t37-,45+,46+,67?/m0/s1. The molecule has 1 unspecified atom stereocenters. The third kappa shape index (κ3) is 11.0. The molecule has 2 heterocycles. The fourth-order valence-corrected chi connectivity index (χ4v) is 10.5. The van der Waals surface area contributed by atoms with Gasteiger partial charge in [-0.05, 0) is 104 Å². The summed E-state index contributed by atoms with van der Waals surface area (Å²) in [5.74, 6) is -0.421. The number of aromatic nitrogens is 1. The summed E-state index contributed by atoms with van der Waals surface area (Å²) in [4.78, 5) is 31.6. The molecule has 1 aliphatic carbocycles. The monoisotopic (exact) mass is 924 g/mol. The fraction of sp³-hybridized carbons (Fsp3) is 0.327. The van der Waals surface area contributed by atoms with Crippen LogP contribution in [0.1, 0.15) is 95.5 Å². The van der Waals surface area contributed by atoms with Crippen molar-refractivity contribution in [3.05, 3.63) is 168 Å². The van der Waals surface area contributed by atoms with E-state index < -0.39 is 49.1 Å². The molecular formula is C55H58FN2O8P. The summed E-state index contributed by atoms with van der Waals surface area (Å²) in [6, 6.07) is 39.8. The van der Waals surface area contributed by atoms with Crippen molar-refractivity contribution >= 4 is 36.4 Å². The maximum atomic E-state index is 14.6. The third-order valence-electron chi connectivity index (χ3n) is 12.0. The number of carbonyl (C=O) groups excluding carboxylic acids is 2. The lowest BCUT2D eigenvalue weighted by Gasteiger charge is -2.48. The van der Waals surface area contributed by atoms with Crippen molar-refractivity contribution in [3.8, 4) is 22.6 Å². The number of hydrogen-bond donors (Lipinski definition) is 1. The Morgan fingerprint density at radius 1 is 0.866 bits per heavy atom. The van der Waals surface area contributed by atoms with Gasteiger partial charge in [0.1, 0.15) is 35.1 Å². The Kier molecular flexibility index (Phi) is 14.1. The van der Waals surface area contributed by atoms with Gasteiger partial charge in [-0.1, -0.05) is 118 Å². The summed E-state index contributed by atoms with van der Waals surface area (Å²) in [5, 5.41) is 3.56. The highest BCUT2D eigenvalue weighted by Crippen LogP contribution is 2.51. The minimum atomic E-state index is -3.91. The summed E-state index contributed by atoms with van der Waals surface area (Å²) in [5.41, 5.74) is 4.59. The molecule has 2 fully saturated rings. The Bertz CT molecular complexity index is 2720. The van der Waals surface area contributed by atoms with E-state index >= 15 is 0 Å². The van der Waals surface area contributed by atoms with Crippen molar-refractivity contribution < 1.29 is 42.0 Å². The molecule has 10 nitrogen and oxygen atoms in total. The van der Waals surface area contributed by atoms with E-state index in [9.17, 15) is 18.5 Å². The third-order valence-corrected chi connectivity index (χ3v) is 13.8. The van der Waals surface area contributed by atoms with Crippen LogP contribution in [0.4, 0.5) is 4.39 Å². The van der Waals surface area contributed by atoms with E-state index in [1.165, 1.54) is 12.1 Å². The van der Waals surface area contributed by atoms with Crippen LogP contribution in [0.3, 0.4) is 0 Å². The lowest BCUT2D eigenvalue weighted by Crippen LogP contribution is -2.48. The number of esters is 2. The maximum Gasteiger partial charge on any atom is 0.354 e. The van der Waals surface area contributed by atoms with Gasteiger partial charge in [0.15, 0.2) is 6.35 Å². The summed E-state index contributed by atoms with van der Waals surface area (Å²) in [7, 11) is -3.91. The molecule has 12 heteroatoms. The Morgan fingerprint density at radius 2 is 1.49 bits per heavy atom. The molecule has 1 aliphatic heterocycles. The summed E-state index contributed by atoms with van der Waals surface area (Å²) >= 11 is 0. The highest BCUT2D eigenvalue weighted by Gasteiger charge is 2.49. The predicted molar refractivity (Wildman–Crippen MR) is 259 cm³/mol. The second kappa shape index (κ2) is 20.0. The Labute approximate surface area is 392 Å². The van der Waals surface area contributed by atoms with E-state index in [2.05, 4.69) is 50.1 Å². The normalized spacial score (nSPS) is 18.1.